The molecule has 0 spiro atoms. The van der Waals surface area contributed by atoms with Gasteiger partial charge in [-0.1, -0.05) is 66.7 Å². The summed E-state index contributed by atoms with van der Waals surface area (Å²) in [7, 11) is -3.20. The van der Waals surface area contributed by atoms with E-state index in [1.807, 2.05) is 72.8 Å². The summed E-state index contributed by atoms with van der Waals surface area (Å²) >= 11 is 0. The van der Waals surface area contributed by atoms with Crippen molar-refractivity contribution >= 4 is 50.8 Å². The minimum absolute atomic E-state index is 0.598. The molecule has 0 N–H and O–H groups in total. The normalized spacial score (nSPS) is 11.8. The third-order valence-electron chi connectivity index (χ3n) is 12.3. The van der Waals surface area contributed by atoms with Gasteiger partial charge in [-0.3, -0.25) is 0 Å². The minimum atomic E-state index is -3.20. The Labute approximate surface area is 361 Å². The molecule has 0 aliphatic rings. The Kier molecular flexibility index (Phi) is 9.49. The molecule has 0 atom stereocenters. The van der Waals surface area contributed by atoms with Crippen molar-refractivity contribution in [1.29, 1.82) is 0 Å². The summed E-state index contributed by atoms with van der Waals surface area (Å²) in [4.78, 5) is 15.1. The molecule has 0 fully saturated rings. The third kappa shape index (κ3) is 6.52. The Morgan fingerprint density at radius 3 is 1.32 bits per heavy atom. The van der Waals surface area contributed by atoms with Crippen molar-refractivity contribution in [3.05, 3.63) is 237 Å². The van der Waals surface area contributed by atoms with E-state index in [1.165, 1.54) is 31.9 Å². The van der Waals surface area contributed by atoms with E-state index < -0.39 is 8.07 Å². The molecular formula is C57H40N3OSi-. The fourth-order valence-electron chi connectivity index (χ4n) is 9.44. The standard InChI is InChI=1S/C57H40N3OSi/c1-6-19-42(20-7-1)55-58-56(43-21-8-2-9-22-43)60-57(59-55)49-30-18-31-52-54(49)50-39-44(37-38-51(50)61-52)40-33-35-41(36-34-40)48-29-16-17-32-53(48)62(45-23-10-3-11-24-45,46-25-12-4-13-26-46)47-27-14-5-15-28-47/h1-39,62H/q-1. The molecule has 2 aromatic heterocycles. The second kappa shape index (κ2) is 15.9. The van der Waals surface area contributed by atoms with E-state index in [0.29, 0.717) is 17.5 Å². The van der Waals surface area contributed by atoms with E-state index in [2.05, 4.69) is 164 Å². The van der Waals surface area contributed by atoms with Gasteiger partial charge >= 0.3 is 259 Å². The van der Waals surface area contributed by atoms with E-state index in [1.54, 1.807) is 0 Å². The van der Waals surface area contributed by atoms with Crippen LogP contribution in [0.4, 0.5) is 0 Å². The van der Waals surface area contributed by atoms with Crippen molar-refractivity contribution in [3.63, 3.8) is 0 Å². The SMILES string of the molecule is c1ccc(-c2nc(-c3ccccc3)nc(-c3cccc4oc5ccc(-c6ccc(-c7ccccc7[SiH-](c7ccccc7)(c7ccccc7)c7ccccc7)cc6)cc5c34)n2)cc1. The number of nitrogens with zero attached hydrogens (tertiary/aromatic N) is 3. The zero-order chi connectivity index (χ0) is 41.3. The van der Waals surface area contributed by atoms with E-state index in [9.17, 15) is 0 Å². The molecule has 0 radical (unpaired) electrons. The van der Waals surface area contributed by atoms with Gasteiger partial charge in [-0.2, -0.15) is 0 Å². The van der Waals surface area contributed by atoms with Gasteiger partial charge in [0.2, 0.25) is 0 Å². The van der Waals surface area contributed by atoms with Gasteiger partial charge in [-0.15, -0.1) is 0 Å². The van der Waals surface area contributed by atoms with Crippen LogP contribution in [0, 0.1) is 0 Å². The summed E-state index contributed by atoms with van der Waals surface area (Å²) in [6, 6.07) is 84.3. The maximum absolute atomic E-state index is 6.50. The Morgan fingerprint density at radius 1 is 0.306 bits per heavy atom. The van der Waals surface area contributed by atoms with Crippen LogP contribution in [-0.2, 0) is 0 Å². The molecule has 9 aromatic carbocycles. The second-order valence-electron chi connectivity index (χ2n) is 15.8. The van der Waals surface area contributed by atoms with Crippen LogP contribution in [0.1, 0.15) is 0 Å². The van der Waals surface area contributed by atoms with Crippen LogP contribution in [0.3, 0.4) is 0 Å². The van der Waals surface area contributed by atoms with Gasteiger partial charge in [0, 0.05) is 11.1 Å². The van der Waals surface area contributed by atoms with Crippen molar-refractivity contribution in [3.8, 4) is 56.4 Å². The van der Waals surface area contributed by atoms with Crippen LogP contribution >= 0.6 is 0 Å². The minimum Gasteiger partial charge on any atom is -0.208 e. The van der Waals surface area contributed by atoms with Gasteiger partial charge in [-0.25, -0.2) is 15.0 Å². The number of hydrogen-bond acceptors (Lipinski definition) is 4. The van der Waals surface area contributed by atoms with Crippen molar-refractivity contribution < 1.29 is 4.42 Å². The molecule has 0 saturated heterocycles. The first kappa shape index (κ1) is 37.0. The van der Waals surface area contributed by atoms with Crippen LogP contribution in [0.15, 0.2) is 241 Å². The first-order valence-electron chi connectivity index (χ1n) is 21.1. The predicted molar refractivity (Wildman–Crippen MR) is 259 cm³/mol. The third-order valence-corrected chi connectivity index (χ3v) is 17.9. The van der Waals surface area contributed by atoms with Crippen LogP contribution in [0.2, 0.25) is 0 Å². The molecule has 0 aliphatic heterocycles. The molecule has 5 heteroatoms. The summed E-state index contributed by atoms with van der Waals surface area (Å²) in [6.45, 7) is 0. The number of fused-ring (bicyclic) bond motifs is 3. The van der Waals surface area contributed by atoms with Gasteiger partial charge in [0.1, 0.15) is 0 Å². The summed E-state index contributed by atoms with van der Waals surface area (Å²) < 4.78 is 6.50. The largest absolute Gasteiger partial charge is 0.208 e. The molecule has 0 saturated carbocycles. The maximum atomic E-state index is 6.50. The Balaban J connectivity index is 1.03. The molecule has 62 heavy (non-hydrogen) atoms. The zero-order valence-electron chi connectivity index (χ0n) is 33.8. The van der Waals surface area contributed by atoms with Gasteiger partial charge in [0.15, 0.2) is 11.6 Å². The second-order valence-corrected chi connectivity index (χ2v) is 20.1. The first-order valence-corrected chi connectivity index (χ1v) is 23.4. The van der Waals surface area contributed by atoms with Gasteiger partial charge < -0.3 is 0 Å². The Bertz CT molecular complexity index is 3170. The van der Waals surface area contributed by atoms with Crippen LogP contribution in [0.5, 0.6) is 0 Å². The topological polar surface area (TPSA) is 51.8 Å². The summed E-state index contributed by atoms with van der Waals surface area (Å²) in [5, 5.41) is 7.52. The van der Waals surface area contributed by atoms with Gasteiger partial charge in [0.05, 0.1) is 0 Å². The number of rotatable bonds is 9. The van der Waals surface area contributed by atoms with Crippen LogP contribution < -0.4 is 20.7 Å². The zero-order valence-corrected chi connectivity index (χ0v) is 35.0. The molecule has 4 nitrogen and oxygen atoms in total. The molecule has 11 rings (SSSR count). The van der Waals surface area contributed by atoms with E-state index in [4.69, 9.17) is 19.4 Å². The number of benzene rings is 9. The van der Waals surface area contributed by atoms with Gasteiger partial charge in [0.25, 0.3) is 0 Å². The molecule has 2 heterocycles. The molecule has 0 unspecified atom stereocenters. The average Bonchev–Trinajstić information content (AvgIpc) is 3.74. The molecule has 11 aromatic rings. The first-order chi connectivity index (χ1) is 30.7. The Hall–Kier alpha value is -7.99. The average molecular weight is 811 g/mol. The molecule has 0 bridgehead atoms. The number of furan rings is 1. The van der Waals surface area contributed by atoms with Crippen molar-refractivity contribution in [2.45, 2.75) is 0 Å². The monoisotopic (exact) mass is 810 g/mol. The van der Waals surface area contributed by atoms with E-state index in [-0.39, 0.29) is 0 Å². The fourth-order valence-corrected chi connectivity index (χ4v) is 15.2. The Morgan fingerprint density at radius 2 is 0.758 bits per heavy atom. The molecular weight excluding hydrogens is 771 g/mol. The molecule has 294 valence electrons. The summed E-state index contributed by atoms with van der Waals surface area (Å²) in [5.74, 6) is 1.85. The van der Waals surface area contributed by atoms with Gasteiger partial charge in [-0.05, 0) is 0 Å². The summed E-state index contributed by atoms with van der Waals surface area (Å²) in [5.41, 5.74) is 9.02. The van der Waals surface area contributed by atoms with Crippen LogP contribution in [0.25, 0.3) is 78.4 Å². The van der Waals surface area contributed by atoms with E-state index in [0.717, 1.165) is 49.8 Å². The van der Waals surface area contributed by atoms with Crippen molar-refractivity contribution in [2.24, 2.45) is 0 Å². The molecule has 0 amide bonds. The maximum Gasteiger partial charge on any atom is -0.0512 e. The van der Waals surface area contributed by atoms with Crippen LogP contribution in [-0.4, -0.2) is 23.0 Å². The fraction of sp³-hybridized carbons (Fsp3) is 0. The van der Waals surface area contributed by atoms with E-state index >= 15 is 0 Å². The quantitative estimate of drug-likeness (QED) is 0.108. The van der Waals surface area contributed by atoms with Crippen molar-refractivity contribution in [2.75, 3.05) is 0 Å². The number of aromatic nitrogens is 3. The number of hydrogen-bond donors (Lipinski definition) is 0. The molecule has 0 aliphatic carbocycles. The predicted octanol–water partition coefficient (Wildman–Crippen LogP) is 11.2. The smallest absolute Gasteiger partial charge is 0.0512 e. The summed E-state index contributed by atoms with van der Waals surface area (Å²) in [6.07, 6.45) is 0. The van der Waals surface area contributed by atoms with Crippen molar-refractivity contribution in [1.82, 2.24) is 15.0 Å².